The minimum Gasteiger partial charge on any atom is -0.396 e. The standard InChI is InChI=1S/C14H21FN2O3S/c1-10-7-11(15)12(16)8-13(10)21(18,19)17-6-4-5-14(2,9-17)20-3/h7-8H,4-6,9,16H2,1-3H3. The number of ether oxygens (including phenoxy) is 1. The fraction of sp³-hybridized carbons (Fsp3) is 0.571. The van der Waals surface area contributed by atoms with Crippen molar-refractivity contribution in [2.45, 2.75) is 37.2 Å². The predicted octanol–water partition coefficient (Wildman–Crippen LogP) is 1.91. The minimum atomic E-state index is -3.71. The first-order valence-corrected chi connectivity index (χ1v) is 8.24. The molecule has 0 radical (unpaired) electrons. The lowest BCUT2D eigenvalue weighted by atomic mass is 9.96. The average molecular weight is 316 g/mol. The third-order valence-electron chi connectivity index (χ3n) is 4.03. The average Bonchev–Trinajstić information content (AvgIpc) is 2.42. The molecule has 1 heterocycles. The van der Waals surface area contributed by atoms with Gasteiger partial charge >= 0.3 is 0 Å². The summed E-state index contributed by atoms with van der Waals surface area (Å²) in [4.78, 5) is 0.0572. The number of methoxy groups -OCH3 is 1. The number of nitrogens with zero attached hydrogens (tertiary/aromatic N) is 1. The highest BCUT2D eigenvalue weighted by Gasteiger charge is 2.37. The number of nitrogen functional groups attached to an aromatic ring is 1. The second-order valence-corrected chi connectivity index (χ2v) is 7.64. The molecule has 1 unspecified atom stereocenters. The summed E-state index contributed by atoms with van der Waals surface area (Å²) in [5.41, 5.74) is 5.21. The maximum atomic E-state index is 13.4. The first-order chi connectivity index (χ1) is 9.69. The molecule has 2 N–H and O–H groups in total. The van der Waals surface area contributed by atoms with Crippen LogP contribution in [-0.4, -0.2) is 38.5 Å². The smallest absolute Gasteiger partial charge is 0.243 e. The van der Waals surface area contributed by atoms with Gasteiger partial charge in [0.15, 0.2) is 0 Å². The fourth-order valence-corrected chi connectivity index (χ4v) is 4.45. The maximum absolute atomic E-state index is 13.4. The van der Waals surface area contributed by atoms with E-state index in [9.17, 15) is 12.8 Å². The van der Waals surface area contributed by atoms with Crippen LogP contribution in [0.4, 0.5) is 10.1 Å². The second-order valence-electron chi connectivity index (χ2n) is 5.74. The first-order valence-electron chi connectivity index (χ1n) is 6.80. The molecule has 118 valence electrons. The van der Waals surface area contributed by atoms with Crippen LogP contribution in [0.5, 0.6) is 0 Å². The van der Waals surface area contributed by atoms with Gasteiger partial charge in [-0.1, -0.05) is 0 Å². The quantitative estimate of drug-likeness (QED) is 0.865. The molecule has 2 rings (SSSR count). The Morgan fingerprint density at radius 3 is 2.71 bits per heavy atom. The molecule has 7 heteroatoms. The molecule has 1 atom stereocenters. The Labute approximate surface area is 124 Å². The SMILES string of the molecule is COC1(C)CCCN(S(=O)(=O)c2cc(N)c(F)cc2C)C1. The number of hydrogen-bond acceptors (Lipinski definition) is 4. The molecule has 1 aliphatic heterocycles. The number of halogens is 1. The molecule has 0 aliphatic carbocycles. The van der Waals surface area contributed by atoms with Crippen molar-refractivity contribution in [1.82, 2.24) is 4.31 Å². The van der Waals surface area contributed by atoms with Crippen molar-refractivity contribution < 1.29 is 17.5 Å². The van der Waals surface area contributed by atoms with Gasteiger partial charge in [-0.15, -0.1) is 0 Å². The van der Waals surface area contributed by atoms with E-state index in [1.165, 1.54) is 10.4 Å². The number of hydrogen-bond donors (Lipinski definition) is 1. The van der Waals surface area contributed by atoms with E-state index < -0.39 is 21.4 Å². The molecule has 0 saturated carbocycles. The van der Waals surface area contributed by atoms with Gasteiger partial charge in [0.1, 0.15) is 5.82 Å². The van der Waals surface area contributed by atoms with Gasteiger partial charge < -0.3 is 10.5 Å². The summed E-state index contributed by atoms with van der Waals surface area (Å²) < 4.78 is 45.8. The Bertz CT molecular complexity index is 648. The Hall–Kier alpha value is -1.18. The number of aryl methyl sites for hydroxylation is 1. The van der Waals surface area contributed by atoms with E-state index in [-0.39, 0.29) is 17.1 Å². The van der Waals surface area contributed by atoms with Gasteiger partial charge in [-0.05, 0) is 44.4 Å². The number of sulfonamides is 1. The normalized spacial score (nSPS) is 24.2. The molecular weight excluding hydrogens is 295 g/mol. The molecule has 1 aromatic carbocycles. The van der Waals surface area contributed by atoms with E-state index in [1.54, 1.807) is 14.0 Å². The topological polar surface area (TPSA) is 72.6 Å². The molecule has 1 aliphatic rings. The van der Waals surface area contributed by atoms with Gasteiger partial charge in [-0.25, -0.2) is 12.8 Å². The lowest BCUT2D eigenvalue weighted by Crippen LogP contribution is -2.49. The molecule has 1 fully saturated rings. The van der Waals surface area contributed by atoms with E-state index in [0.29, 0.717) is 12.1 Å². The zero-order valence-corrected chi connectivity index (χ0v) is 13.3. The Morgan fingerprint density at radius 2 is 2.10 bits per heavy atom. The summed E-state index contributed by atoms with van der Waals surface area (Å²) in [6.45, 7) is 4.16. The van der Waals surface area contributed by atoms with E-state index in [4.69, 9.17) is 10.5 Å². The summed E-state index contributed by atoms with van der Waals surface area (Å²) in [6.07, 6.45) is 1.53. The van der Waals surface area contributed by atoms with Crippen LogP contribution in [0.3, 0.4) is 0 Å². The van der Waals surface area contributed by atoms with Gasteiger partial charge in [-0.2, -0.15) is 4.31 Å². The van der Waals surface area contributed by atoms with Crippen LogP contribution in [0.15, 0.2) is 17.0 Å². The molecular formula is C14H21FN2O3S. The number of nitrogens with two attached hydrogens (primary N) is 1. The zero-order valence-electron chi connectivity index (χ0n) is 12.5. The Morgan fingerprint density at radius 1 is 1.43 bits per heavy atom. The zero-order chi connectivity index (χ0) is 15.8. The monoisotopic (exact) mass is 316 g/mol. The van der Waals surface area contributed by atoms with Crippen molar-refractivity contribution in [2.24, 2.45) is 0 Å². The van der Waals surface area contributed by atoms with Crippen molar-refractivity contribution in [1.29, 1.82) is 0 Å². The van der Waals surface area contributed by atoms with Crippen molar-refractivity contribution in [3.8, 4) is 0 Å². The number of piperidine rings is 1. The summed E-state index contributed by atoms with van der Waals surface area (Å²) in [7, 11) is -2.13. The van der Waals surface area contributed by atoms with Crippen LogP contribution in [0.25, 0.3) is 0 Å². The molecule has 5 nitrogen and oxygen atoms in total. The van der Waals surface area contributed by atoms with E-state index in [2.05, 4.69) is 0 Å². The third kappa shape index (κ3) is 3.04. The van der Waals surface area contributed by atoms with Crippen LogP contribution in [0.2, 0.25) is 0 Å². The Kier molecular flexibility index (Phi) is 4.28. The molecule has 0 spiro atoms. The van der Waals surface area contributed by atoms with E-state index in [0.717, 1.165) is 18.9 Å². The van der Waals surface area contributed by atoms with Crippen LogP contribution >= 0.6 is 0 Å². The fourth-order valence-electron chi connectivity index (χ4n) is 2.62. The van der Waals surface area contributed by atoms with Crippen molar-refractivity contribution in [2.75, 3.05) is 25.9 Å². The third-order valence-corrected chi connectivity index (χ3v) is 6.02. The van der Waals surface area contributed by atoms with Crippen LogP contribution in [-0.2, 0) is 14.8 Å². The molecule has 1 saturated heterocycles. The Balaban J connectivity index is 2.41. The second kappa shape index (κ2) is 5.55. The van der Waals surface area contributed by atoms with Crippen LogP contribution < -0.4 is 5.73 Å². The highest BCUT2D eigenvalue weighted by Crippen LogP contribution is 2.30. The van der Waals surface area contributed by atoms with Gasteiger partial charge in [0.05, 0.1) is 16.2 Å². The summed E-state index contributed by atoms with van der Waals surface area (Å²) in [5, 5.41) is 0. The molecule has 0 bridgehead atoms. The highest BCUT2D eigenvalue weighted by molar-refractivity contribution is 7.89. The summed E-state index contributed by atoms with van der Waals surface area (Å²) in [5.74, 6) is -0.605. The minimum absolute atomic E-state index is 0.0572. The first kappa shape index (κ1) is 16.2. The van der Waals surface area contributed by atoms with E-state index in [1.807, 2.05) is 6.92 Å². The van der Waals surface area contributed by atoms with Gasteiger partial charge in [-0.3, -0.25) is 0 Å². The number of benzene rings is 1. The molecule has 1 aromatic rings. The van der Waals surface area contributed by atoms with Crippen LogP contribution in [0, 0.1) is 12.7 Å². The lowest BCUT2D eigenvalue weighted by molar-refractivity contribution is -0.0319. The highest BCUT2D eigenvalue weighted by atomic mass is 32.2. The summed E-state index contributed by atoms with van der Waals surface area (Å²) in [6, 6.07) is 2.35. The van der Waals surface area contributed by atoms with Crippen LogP contribution in [0.1, 0.15) is 25.3 Å². The largest absolute Gasteiger partial charge is 0.396 e. The molecule has 0 aromatic heterocycles. The molecule has 0 amide bonds. The molecule has 21 heavy (non-hydrogen) atoms. The van der Waals surface area contributed by atoms with Crippen molar-refractivity contribution >= 4 is 15.7 Å². The van der Waals surface area contributed by atoms with Crippen molar-refractivity contribution in [3.63, 3.8) is 0 Å². The predicted molar refractivity (Wildman–Crippen MR) is 79.0 cm³/mol. The lowest BCUT2D eigenvalue weighted by Gasteiger charge is -2.38. The van der Waals surface area contributed by atoms with E-state index >= 15 is 0 Å². The van der Waals surface area contributed by atoms with Crippen molar-refractivity contribution in [3.05, 3.63) is 23.5 Å². The van der Waals surface area contributed by atoms with Gasteiger partial charge in [0.25, 0.3) is 0 Å². The number of anilines is 1. The van der Waals surface area contributed by atoms with Gasteiger partial charge in [0.2, 0.25) is 10.0 Å². The number of rotatable bonds is 3. The van der Waals surface area contributed by atoms with Gasteiger partial charge in [0, 0.05) is 20.2 Å². The summed E-state index contributed by atoms with van der Waals surface area (Å²) >= 11 is 0. The maximum Gasteiger partial charge on any atom is 0.243 e.